The molecule has 12 aromatic rings. The zero-order valence-corrected chi connectivity index (χ0v) is 40.1. The maximum atomic E-state index is 7.02. The number of unbranched alkanes of at least 4 members (excludes halogenated alkanes) is 3. The van der Waals surface area contributed by atoms with Crippen molar-refractivity contribution in [3.05, 3.63) is 230 Å². The first-order valence-corrected chi connectivity index (χ1v) is 25.5. The third-order valence-corrected chi connectivity index (χ3v) is 15.0. The quantitative estimate of drug-likeness (QED) is 0.106. The molecule has 2 aliphatic rings. The lowest BCUT2D eigenvalue weighted by atomic mass is 9.93. The summed E-state index contributed by atoms with van der Waals surface area (Å²) in [6, 6.07) is 81.7. The molecule has 0 radical (unpaired) electrons. The lowest BCUT2D eigenvalue weighted by Crippen LogP contribution is -2.16. The van der Waals surface area contributed by atoms with Crippen molar-refractivity contribution in [3.63, 3.8) is 0 Å². The minimum atomic E-state index is 0.788. The summed E-state index contributed by atoms with van der Waals surface area (Å²) in [6.45, 7) is 2.27. The van der Waals surface area contributed by atoms with Gasteiger partial charge in [-0.15, -0.1) is 0 Å². The predicted octanol–water partition coefficient (Wildman–Crippen LogP) is 20.1. The first-order chi connectivity index (χ1) is 35.6. The molecule has 14 rings (SSSR count). The van der Waals surface area contributed by atoms with E-state index >= 15 is 0 Å². The molecular formula is C68H50N2O2. The van der Waals surface area contributed by atoms with Crippen LogP contribution in [-0.2, 0) is 6.42 Å². The fourth-order valence-electron chi connectivity index (χ4n) is 11.4. The second-order valence-electron chi connectivity index (χ2n) is 19.4. The largest absolute Gasteiger partial charge is 0.453 e. The van der Waals surface area contributed by atoms with Gasteiger partial charge in [0.05, 0.1) is 22.7 Å². The Morgan fingerprint density at radius 1 is 0.319 bits per heavy atom. The Kier molecular flexibility index (Phi) is 10.1. The molecule has 2 heterocycles. The fourth-order valence-corrected chi connectivity index (χ4v) is 11.4. The molecule has 4 nitrogen and oxygen atoms in total. The predicted molar refractivity (Wildman–Crippen MR) is 302 cm³/mol. The first-order valence-electron chi connectivity index (χ1n) is 25.5. The van der Waals surface area contributed by atoms with Gasteiger partial charge in [0.15, 0.2) is 23.0 Å². The molecule has 0 saturated heterocycles. The van der Waals surface area contributed by atoms with Crippen LogP contribution in [0.15, 0.2) is 224 Å². The number of benzene rings is 12. The van der Waals surface area contributed by atoms with Gasteiger partial charge in [0, 0.05) is 16.8 Å². The summed E-state index contributed by atoms with van der Waals surface area (Å²) in [5, 5.41) is 12.1. The molecule has 0 aliphatic carbocycles. The van der Waals surface area contributed by atoms with Gasteiger partial charge in [-0.3, -0.25) is 0 Å². The summed E-state index contributed by atoms with van der Waals surface area (Å²) in [6.07, 6.45) is 6.17. The summed E-state index contributed by atoms with van der Waals surface area (Å²) in [4.78, 5) is 4.74. The Morgan fingerprint density at radius 2 is 0.847 bits per heavy atom. The highest BCUT2D eigenvalue weighted by atomic mass is 16.5. The molecule has 344 valence electrons. The Labute approximate surface area is 419 Å². The molecule has 0 atom stereocenters. The number of fused-ring (bicyclic) bond motifs is 13. The van der Waals surface area contributed by atoms with Crippen LogP contribution in [-0.4, -0.2) is 0 Å². The number of hydrogen-bond donors (Lipinski definition) is 0. The van der Waals surface area contributed by atoms with Gasteiger partial charge in [-0.2, -0.15) is 0 Å². The number of ether oxygens (including phenoxy) is 2. The fraction of sp³-hybridized carbons (Fsp3) is 0.0882. The van der Waals surface area contributed by atoms with Gasteiger partial charge in [-0.1, -0.05) is 184 Å². The number of nitrogens with zero attached hydrogens (tertiary/aromatic N) is 2. The Morgan fingerprint density at radius 3 is 1.57 bits per heavy atom. The average molecular weight is 927 g/mol. The van der Waals surface area contributed by atoms with E-state index in [2.05, 4.69) is 241 Å². The smallest absolute Gasteiger partial charge is 0.159 e. The summed E-state index contributed by atoms with van der Waals surface area (Å²) in [5.41, 5.74) is 11.9. The second kappa shape index (κ2) is 17.2. The summed E-state index contributed by atoms with van der Waals surface area (Å²) < 4.78 is 14.0. The number of aryl methyl sites for hydroxylation is 1. The Balaban J connectivity index is 0.891. The molecule has 0 amide bonds. The third-order valence-electron chi connectivity index (χ3n) is 15.0. The van der Waals surface area contributed by atoms with Gasteiger partial charge in [-0.05, 0) is 156 Å². The molecule has 0 saturated carbocycles. The van der Waals surface area contributed by atoms with Crippen LogP contribution in [0, 0.1) is 0 Å². The molecule has 0 unspecified atom stereocenters. The van der Waals surface area contributed by atoms with E-state index in [1.165, 1.54) is 79.9 Å². The molecular weight excluding hydrogens is 877 g/mol. The van der Waals surface area contributed by atoms with Crippen LogP contribution in [0.2, 0.25) is 0 Å². The van der Waals surface area contributed by atoms with Gasteiger partial charge in [0.25, 0.3) is 0 Å². The number of hydrogen-bond acceptors (Lipinski definition) is 4. The Bertz CT molecular complexity index is 4080. The summed E-state index contributed by atoms with van der Waals surface area (Å²) in [5.74, 6) is 3.24. The second-order valence-corrected chi connectivity index (χ2v) is 19.4. The number of anilines is 6. The molecule has 0 aromatic heterocycles. The standard InChI is InChI=1S/C68H50N2O2/c1-2-3-4-5-14-44-23-25-46(26-24-44)49-31-38-65-64(40-49)70(53-33-34-59-57-21-11-10-19-55(57)56-20-12-13-22-58(56)60(59)43-53)61-35-29-50(41-66(61)71-65)51-30-36-62-67(42-51)72-68-54-18-9-8-16-47(54)28-37-63(68)69(62)52-32-27-45-15-6-7-17-48(45)39-52/h6-13,15-43H,2-5,14H2,1H3. The minimum absolute atomic E-state index is 0.788. The van der Waals surface area contributed by atoms with Crippen LogP contribution in [0.1, 0.15) is 38.2 Å². The van der Waals surface area contributed by atoms with E-state index in [0.717, 1.165) is 91.0 Å². The van der Waals surface area contributed by atoms with Crippen molar-refractivity contribution in [1.29, 1.82) is 0 Å². The molecule has 72 heavy (non-hydrogen) atoms. The van der Waals surface area contributed by atoms with E-state index < -0.39 is 0 Å². The SMILES string of the molecule is CCCCCCc1ccc(-c2ccc3c(c2)N(c2ccc4c5ccccc5c5ccccc5c4c2)c2ccc(-c4ccc5c(c4)Oc4c(ccc6ccccc46)N5c4ccc5ccccc5c4)cc2O3)cc1. The molecule has 0 fully saturated rings. The van der Waals surface area contributed by atoms with E-state index in [9.17, 15) is 0 Å². The zero-order valence-electron chi connectivity index (χ0n) is 40.1. The minimum Gasteiger partial charge on any atom is -0.453 e. The maximum absolute atomic E-state index is 7.02. The lowest BCUT2D eigenvalue weighted by Gasteiger charge is -2.34. The van der Waals surface area contributed by atoms with Gasteiger partial charge >= 0.3 is 0 Å². The van der Waals surface area contributed by atoms with Crippen LogP contribution in [0.5, 0.6) is 23.0 Å². The zero-order chi connectivity index (χ0) is 47.7. The molecule has 12 aromatic carbocycles. The lowest BCUT2D eigenvalue weighted by molar-refractivity contribution is 0.477. The topological polar surface area (TPSA) is 24.9 Å². The van der Waals surface area contributed by atoms with Crippen molar-refractivity contribution < 1.29 is 9.47 Å². The summed E-state index contributed by atoms with van der Waals surface area (Å²) in [7, 11) is 0. The van der Waals surface area contributed by atoms with E-state index in [0.29, 0.717) is 0 Å². The van der Waals surface area contributed by atoms with Crippen molar-refractivity contribution in [3.8, 4) is 45.3 Å². The van der Waals surface area contributed by atoms with Gasteiger partial charge < -0.3 is 19.3 Å². The van der Waals surface area contributed by atoms with Gasteiger partial charge in [0.2, 0.25) is 0 Å². The normalized spacial score (nSPS) is 12.7. The maximum Gasteiger partial charge on any atom is 0.159 e. The highest BCUT2D eigenvalue weighted by Gasteiger charge is 2.30. The molecule has 0 bridgehead atoms. The van der Waals surface area contributed by atoms with Crippen LogP contribution < -0.4 is 19.3 Å². The number of rotatable bonds is 9. The average Bonchev–Trinajstić information content (AvgIpc) is 3.44. The molecule has 2 aliphatic heterocycles. The van der Waals surface area contributed by atoms with Gasteiger partial charge in [0.1, 0.15) is 0 Å². The molecule has 0 spiro atoms. The van der Waals surface area contributed by atoms with Gasteiger partial charge in [-0.25, -0.2) is 0 Å². The van der Waals surface area contributed by atoms with Crippen LogP contribution in [0.25, 0.3) is 76.1 Å². The monoisotopic (exact) mass is 926 g/mol. The Hall–Kier alpha value is -8.86. The van der Waals surface area contributed by atoms with Crippen molar-refractivity contribution >= 4 is 88.0 Å². The molecule has 0 N–H and O–H groups in total. The van der Waals surface area contributed by atoms with Crippen molar-refractivity contribution in [2.45, 2.75) is 39.0 Å². The summed E-state index contributed by atoms with van der Waals surface area (Å²) >= 11 is 0. The van der Waals surface area contributed by atoms with Crippen LogP contribution in [0.3, 0.4) is 0 Å². The highest BCUT2D eigenvalue weighted by Crippen LogP contribution is 2.56. The van der Waals surface area contributed by atoms with E-state index in [4.69, 9.17) is 9.47 Å². The van der Waals surface area contributed by atoms with Crippen molar-refractivity contribution in [1.82, 2.24) is 0 Å². The highest BCUT2D eigenvalue weighted by molar-refractivity contribution is 6.26. The van der Waals surface area contributed by atoms with E-state index in [1.54, 1.807) is 0 Å². The van der Waals surface area contributed by atoms with Crippen molar-refractivity contribution in [2.75, 3.05) is 9.80 Å². The van der Waals surface area contributed by atoms with Crippen LogP contribution in [0.4, 0.5) is 34.1 Å². The third kappa shape index (κ3) is 7.05. The molecule has 4 heteroatoms. The first kappa shape index (κ1) is 42.1. The van der Waals surface area contributed by atoms with Crippen LogP contribution >= 0.6 is 0 Å². The van der Waals surface area contributed by atoms with Crippen molar-refractivity contribution in [2.24, 2.45) is 0 Å². The van der Waals surface area contributed by atoms with E-state index in [1.807, 2.05) is 0 Å². The van der Waals surface area contributed by atoms with E-state index in [-0.39, 0.29) is 0 Å².